The second-order valence-corrected chi connectivity index (χ2v) is 12.6. The Morgan fingerprint density at radius 3 is 2.31 bits per heavy atom. The van der Waals surface area contributed by atoms with E-state index in [4.69, 9.17) is 19.6 Å². The van der Waals surface area contributed by atoms with E-state index in [-0.39, 0.29) is 12.5 Å². The van der Waals surface area contributed by atoms with Gasteiger partial charge in [-0.25, -0.2) is 4.99 Å². The molecule has 5 aromatic rings. The number of nitrogens with zero attached hydrogens (tertiary/aromatic N) is 1. The fourth-order valence-electron chi connectivity index (χ4n) is 5.65. The topological polar surface area (TPSA) is 80.2 Å². The van der Waals surface area contributed by atoms with Crippen molar-refractivity contribution in [2.75, 3.05) is 13.2 Å². The molecule has 1 heterocycles. The molecule has 45 heavy (non-hydrogen) atoms. The number of nitrogens with one attached hydrogen (secondary N) is 1. The van der Waals surface area contributed by atoms with E-state index in [1.807, 2.05) is 97.1 Å². The molecule has 0 bridgehead atoms. The summed E-state index contributed by atoms with van der Waals surface area (Å²) in [4.78, 5) is 19.9. The summed E-state index contributed by atoms with van der Waals surface area (Å²) >= 11 is 7.42. The molecule has 1 aliphatic rings. The molecule has 0 saturated heterocycles. The van der Waals surface area contributed by atoms with E-state index in [1.54, 1.807) is 0 Å². The van der Waals surface area contributed by atoms with Crippen LogP contribution in [-0.4, -0.2) is 35.7 Å². The smallest absolute Gasteiger partial charge is 0.252 e. The van der Waals surface area contributed by atoms with Crippen LogP contribution < -0.4 is 10.1 Å². The molecule has 228 valence electrons. The first kappa shape index (κ1) is 31.0. The fourth-order valence-corrected chi connectivity index (χ4v) is 6.57. The highest BCUT2D eigenvalue weighted by Crippen LogP contribution is 2.45. The minimum Gasteiger partial charge on any atom is -0.494 e. The first-order valence-electron chi connectivity index (χ1n) is 14.8. The van der Waals surface area contributed by atoms with Crippen LogP contribution in [0.2, 0.25) is 0 Å². The molecular formula is C37H32Br2N2O4. The lowest BCUT2D eigenvalue weighted by atomic mass is 9.82. The molecule has 2 N–H and O–H groups in total. The number of ether oxygens (including phenoxy) is 2. The molecule has 6 nitrogen and oxygen atoms in total. The number of benzene rings is 5. The summed E-state index contributed by atoms with van der Waals surface area (Å²) in [5.74, 6) is 0.830. The Morgan fingerprint density at radius 1 is 0.844 bits per heavy atom. The molecular weight excluding hydrogens is 696 g/mol. The van der Waals surface area contributed by atoms with Gasteiger partial charge in [0.25, 0.3) is 5.91 Å². The standard InChI is InChI=1S/C37H32Br2N2O4/c38-32-15-5-2-10-27(32)23-37(36(43)40-24-28-12-7-11-25-9-1-3-13-30(25)28)34(31-14-4-6-16-33(31)39)45-35(41-37)26-17-19-29(20-18-26)44-22-8-21-42/h1-7,9-20,34,42H,8,21-24H2,(H,40,43)/t34-,37-/m1/s1. The lowest BCUT2D eigenvalue weighted by molar-refractivity contribution is -0.129. The van der Waals surface area contributed by atoms with Gasteiger partial charge in [-0.15, -0.1) is 0 Å². The Kier molecular flexibility index (Phi) is 9.64. The van der Waals surface area contributed by atoms with Gasteiger partial charge in [-0.2, -0.15) is 0 Å². The number of halogens is 2. The summed E-state index contributed by atoms with van der Waals surface area (Å²) in [6, 6.07) is 37.4. The van der Waals surface area contributed by atoms with E-state index >= 15 is 0 Å². The molecule has 0 fully saturated rings. The number of carbonyl (C=O) groups excluding carboxylic acids is 1. The highest BCUT2D eigenvalue weighted by Gasteiger charge is 2.54. The van der Waals surface area contributed by atoms with Gasteiger partial charge in [-0.3, -0.25) is 4.79 Å². The van der Waals surface area contributed by atoms with Gasteiger partial charge in [0, 0.05) is 46.1 Å². The monoisotopic (exact) mass is 726 g/mol. The van der Waals surface area contributed by atoms with E-state index in [9.17, 15) is 4.79 Å². The van der Waals surface area contributed by atoms with Gasteiger partial charge in [0.1, 0.15) is 5.75 Å². The Hall–Kier alpha value is -3.98. The molecule has 6 rings (SSSR count). The lowest BCUT2D eigenvalue weighted by Gasteiger charge is -2.31. The van der Waals surface area contributed by atoms with Crippen molar-refractivity contribution in [1.29, 1.82) is 0 Å². The van der Waals surface area contributed by atoms with Crippen molar-refractivity contribution in [2.45, 2.75) is 31.0 Å². The minimum atomic E-state index is -1.33. The number of fused-ring (bicyclic) bond motifs is 1. The van der Waals surface area contributed by atoms with Crippen LogP contribution in [0.1, 0.15) is 34.8 Å². The molecule has 1 amide bonds. The zero-order valence-electron chi connectivity index (χ0n) is 24.5. The van der Waals surface area contributed by atoms with Crippen molar-refractivity contribution in [3.63, 3.8) is 0 Å². The molecule has 0 aliphatic carbocycles. The number of amides is 1. The molecule has 5 aromatic carbocycles. The molecule has 0 radical (unpaired) electrons. The van der Waals surface area contributed by atoms with E-state index in [2.05, 4.69) is 55.4 Å². The van der Waals surface area contributed by atoms with E-state index in [0.29, 0.717) is 37.6 Å². The van der Waals surface area contributed by atoms with Gasteiger partial charge < -0.3 is 19.9 Å². The number of aliphatic hydroxyl groups excluding tert-OH is 1. The second-order valence-electron chi connectivity index (χ2n) is 10.9. The first-order chi connectivity index (χ1) is 22.0. The largest absolute Gasteiger partial charge is 0.494 e. The van der Waals surface area contributed by atoms with Gasteiger partial charge in [-0.1, -0.05) is 111 Å². The quantitative estimate of drug-likeness (QED) is 0.136. The first-order valence-corrected chi connectivity index (χ1v) is 16.4. The molecule has 2 atom stereocenters. The maximum atomic E-state index is 14.7. The summed E-state index contributed by atoms with van der Waals surface area (Å²) in [5.41, 5.74) is 2.19. The van der Waals surface area contributed by atoms with Crippen LogP contribution in [0.3, 0.4) is 0 Å². The van der Waals surface area contributed by atoms with E-state index in [0.717, 1.165) is 42.0 Å². The normalized spacial score (nSPS) is 17.5. The average molecular weight is 728 g/mol. The number of hydrogen-bond donors (Lipinski definition) is 2. The fraction of sp³-hybridized carbons (Fsp3) is 0.189. The van der Waals surface area contributed by atoms with Crippen LogP contribution in [0, 0.1) is 0 Å². The Morgan fingerprint density at radius 2 is 1.53 bits per heavy atom. The van der Waals surface area contributed by atoms with Crippen molar-refractivity contribution >= 4 is 54.4 Å². The highest BCUT2D eigenvalue weighted by atomic mass is 79.9. The Balaban J connectivity index is 1.42. The Bertz CT molecular complexity index is 1840. The van der Waals surface area contributed by atoms with Crippen LogP contribution in [0.4, 0.5) is 0 Å². The number of rotatable bonds is 11. The molecule has 1 aliphatic heterocycles. The molecule has 8 heteroatoms. The molecule has 0 spiro atoms. The zero-order chi connectivity index (χ0) is 31.2. The van der Waals surface area contributed by atoms with E-state index < -0.39 is 11.6 Å². The highest BCUT2D eigenvalue weighted by molar-refractivity contribution is 9.10. The maximum absolute atomic E-state index is 14.7. The van der Waals surface area contributed by atoms with Crippen molar-refractivity contribution in [3.8, 4) is 5.75 Å². The third kappa shape index (κ3) is 6.69. The average Bonchev–Trinajstić information content (AvgIpc) is 3.45. The predicted octanol–water partition coefficient (Wildman–Crippen LogP) is 7.94. The number of carbonyl (C=O) groups is 1. The third-order valence-electron chi connectivity index (χ3n) is 7.95. The number of aliphatic hydroxyl groups is 1. The van der Waals surface area contributed by atoms with Crippen LogP contribution in [0.15, 0.2) is 129 Å². The van der Waals surface area contributed by atoms with E-state index in [1.165, 1.54) is 0 Å². The van der Waals surface area contributed by atoms with Gasteiger partial charge in [0.15, 0.2) is 11.6 Å². The Labute approximate surface area is 279 Å². The minimum absolute atomic E-state index is 0.0708. The molecule has 0 saturated carbocycles. The van der Waals surface area contributed by atoms with Crippen molar-refractivity contribution in [2.24, 2.45) is 4.99 Å². The van der Waals surface area contributed by atoms with Gasteiger partial charge in [0.2, 0.25) is 5.90 Å². The lowest BCUT2D eigenvalue weighted by Crippen LogP contribution is -2.49. The summed E-state index contributed by atoms with van der Waals surface area (Å²) in [5, 5.41) is 14.5. The van der Waals surface area contributed by atoms with Gasteiger partial charge in [0.05, 0.1) is 6.61 Å². The van der Waals surface area contributed by atoms with Crippen LogP contribution in [0.25, 0.3) is 10.8 Å². The maximum Gasteiger partial charge on any atom is 0.252 e. The van der Waals surface area contributed by atoms with Gasteiger partial charge >= 0.3 is 0 Å². The summed E-state index contributed by atoms with van der Waals surface area (Å²) in [6.45, 7) is 0.829. The predicted molar refractivity (Wildman–Crippen MR) is 185 cm³/mol. The van der Waals surface area contributed by atoms with Crippen LogP contribution in [-0.2, 0) is 22.5 Å². The van der Waals surface area contributed by atoms with Crippen LogP contribution >= 0.6 is 31.9 Å². The SMILES string of the molecule is O=C(NCc1cccc2ccccc12)[C@]1(Cc2ccccc2Br)N=C(c2ccc(OCCCO)cc2)O[C@@H]1c1ccccc1Br. The summed E-state index contributed by atoms with van der Waals surface area (Å²) in [6.07, 6.45) is 0.132. The van der Waals surface area contributed by atoms with Gasteiger partial charge in [-0.05, 0) is 58.3 Å². The van der Waals surface area contributed by atoms with Crippen molar-refractivity contribution in [3.05, 3.63) is 146 Å². The molecule has 0 unspecified atom stereocenters. The number of hydrogen-bond acceptors (Lipinski definition) is 5. The summed E-state index contributed by atoms with van der Waals surface area (Å²) in [7, 11) is 0. The van der Waals surface area contributed by atoms with Crippen molar-refractivity contribution < 1.29 is 19.4 Å². The third-order valence-corrected chi connectivity index (χ3v) is 9.45. The van der Waals surface area contributed by atoms with Crippen molar-refractivity contribution in [1.82, 2.24) is 5.32 Å². The second kappa shape index (κ2) is 14.0. The number of aliphatic imine (C=N–C) groups is 1. The molecule has 0 aromatic heterocycles. The zero-order valence-corrected chi connectivity index (χ0v) is 27.6. The van der Waals surface area contributed by atoms with Crippen LogP contribution in [0.5, 0.6) is 5.75 Å². The summed E-state index contributed by atoms with van der Waals surface area (Å²) < 4.78 is 14.1.